The van der Waals surface area contributed by atoms with E-state index in [4.69, 9.17) is 0 Å². The molecule has 8 heavy (non-hydrogen) atoms. The van der Waals surface area contributed by atoms with E-state index in [2.05, 4.69) is 0 Å². The Kier molecular flexibility index (Phi) is 2.47. The maximum Gasteiger partial charge on any atom is 0.150 e. The van der Waals surface area contributed by atoms with Crippen molar-refractivity contribution in [2.75, 3.05) is 6.26 Å². The summed E-state index contributed by atoms with van der Waals surface area (Å²) in [4.78, 5) is 0. The van der Waals surface area contributed by atoms with Crippen LogP contribution in [0.15, 0.2) is 0 Å². The maximum atomic E-state index is 10.6. The number of hydrogen-bond acceptors (Lipinski definition) is 2. The SMILES string of the molecule is CC[C@H](C)S(C)(=O)=O. The summed E-state index contributed by atoms with van der Waals surface area (Å²) in [5.74, 6) is 0. The minimum Gasteiger partial charge on any atom is -0.229 e. The molecule has 50 valence electrons. The molecule has 0 heterocycles. The molecular weight excluding hydrogens is 124 g/mol. The standard InChI is InChI=1S/C5H12O2S/c1-4-5(2)8(3,6)7/h5H,4H2,1-3H3/t5-/m0/s1. The van der Waals surface area contributed by atoms with E-state index >= 15 is 0 Å². The van der Waals surface area contributed by atoms with Gasteiger partial charge in [0.2, 0.25) is 0 Å². The highest BCUT2D eigenvalue weighted by molar-refractivity contribution is 7.91. The van der Waals surface area contributed by atoms with Gasteiger partial charge in [-0.25, -0.2) is 8.42 Å². The van der Waals surface area contributed by atoms with Crippen molar-refractivity contribution in [1.29, 1.82) is 0 Å². The average molecular weight is 136 g/mol. The Morgan fingerprint density at radius 2 is 1.88 bits per heavy atom. The van der Waals surface area contributed by atoms with Crippen molar-refractivity contribution in [3.63, 3.8) is 0 Å². The molecule has 0 aromatic rings. The molecule has 1 atom stereocenters. The summed E-state index contributed by atoms with van der Waals surface area (Å²) in [6.07, 6.45) is 1.97. The van der Waals surface area contributed by atoms with Gasteiger partial charge in [-0.05, 0) is 13.3 Å². The van der Waals surface area contributed by atoms with Crippen LogP contribution in [0.2, 0.25) is 0 Å². The van der Waals surface area contributed by atoms with E-state index in [1.807, 2.05) is 6.92 Å². The molecule has 0 fully saturated rings. The Morgan fingerprint density at radius 1 is 1.50 bits per heavy atom. The first-order valence-corrected chi connectivity index (χ1v) is 4.62. The highest BCUT2D eigenvalue weighted by Gasteiger charge is 2.10. The summed E-state index contributed by atoms with van der Waals surface area (Å²) in [6, 6.07) is 0. The Bertz CT molecular complexity index is 146. The lowest BCUT2D eigenvalue weighted by Gasteiger charge is -2.02. The molecule has 0 unspecified atom stereocenters. The first kappa shape index (κ1) is 7.95. The van der Waals surface area contributed by atoms with E-state index in [1.165, 1.54) is 6.26 Å². The second-order valence-electron chi connectivity index (χ2n) is 2.05. The van der Waals surface area contributed by atoms with Gasteiger partial charge in [-0.3, -0.25) is 0 Å². The molecule has 0 amide bonds. The zero-order valence-electron chi connectivity index (χ0n) is 5.51. The first-order valence-electron chi connectivity index (χ1n) is 2.67. The Balaban J connectivity index is 4.04. The molecular formula is C5H12O2S. The second-order valence-corrected chi connectivity index (χ2v) is 4.51. The van der Waals surface area contributed by atoms with Crippen molar-refractivity contribution in [1.82, 2.24) is 0 Å². The molecule has 0 aliphatic heterocycles. The minimum atomic E-state index is -2.75. The van der Waals surface area contributed by atoms with Gasteiger partial charge in [0.1, 0.15) is 9.84 Å². The van der Waals surface area contributed by atoms with Gasteiger partial charge in [0.25, 0.3) is 0 Å². The van der Waals surface area contributed by atoms with Gasteiger partial charge in [0.05, 0.1) is 5.25 Å². The fraction of sp³-hybridized carbons (Fsp3) is 1.00. The zero-order chi connectivity index (χ0) is 6.78. The van der Waals surface area contributed by atoms with Crippen molar-refractivity contribution in [2.24, 2.45) is 0 Å². The molecule has 0 saturated carbocycles. The van der Waals surface area contributed by atoms with Gasteiger partial charge in [-0.1, -0.05) is 6.92 Å². The van der Waals surface area contributed by atoms with Crippen molar-refractivity contribution < 1.29 is 8.42 Å². The minimum absolute atomic E-state index is 0.178. The predicted molar refractivity (Wildman–Crippen MR) is 34.6 cm³/mol. The van der Waals surface area contributed by atoms with E-state index < -0.39 is 9.84 Å². The zero-order valence-corrected chi connectivity index (χ0v) is 6.33. The molecule has 0 spiro atoms. The molecule has 0 N–H and O–H groups in total. The molecule has 0 rings (SSSR count). The van der Waals surface area contributed by atoms with Gasteiger partial charge in [-0.15, -0.1) is 0 Å². The molecule has 3 heteroatoms. The molecule has 0 aromatic heterocycles. The summed E-state index contributed by atoms with van der Waals surface area (Å²) in [7, 11) is -2.75. The predicted octanol–water partition coefficient (Wildman–Crippen LogP) is 0.830. The second kappa shape index (κ2) is 2.49. The van der Waals surface area contributed by atoms with Crippen LogP contribution in [0, 0.1) is 0 Å². The van der Waals surface area contributed by atoms with E-state index in [-0.39, 0.29) is 5.25 Å². The number of rotatable bonds is 2. The largest absolute Gasteiger partial charge is 0.229 e. The van der Waals surface area contributed by atoms with Gasteiger partial charge in [-0.2, -0.15) is 0 Å². The summed E-state index contributed by atoms with van der Waals surface area (Å²) < 4.78 is 21.1. The summed E-state index contributed by atoms with van der Waals surface area (Å²) in [5, 5.41) is -0.178. The molecule has 2 nitrogen and oxygen atoms in total. The van der Waals surface area contributed by atoms with Gasteiger partial charge in [0, 0.05) is 6.26 Å². The maximum absolute atomic E-state index is 10.6. The molecule has 0 aromatic carbocycles. The van der Waals surface area contributed by atoms with E-state index in [0.29, 0.717) is 6.42 Å². The van der Waals surface area contributed by atoms with Crippen molar-refractivity contribution >= 4 is 9.84 Å². The van der Waals surface area contributed by atoms with Crippen LogP contribution in [0.1, 0.15) is 20.3 Å². The highest BCUT2D eigenvalue weighted by atomic mass is 32.2. The lowest BCUT2D eigenvalue weighted by Crippen LogP contribution is -2.13. The molecule has 0 saturated heterocycles. The summed E-state index contributed by atoms with van der Waals surface area (Å²) in [6.45, 7) is 3.58. The smallest absolute Gasteiger partial charge is 0.150 e. The summed E-state index contributed by atoms with van der Waals surface area (Å²) >= 11 is 0. The monoisotopic (exact) mass is 136 g/mol. The van der Waals surface area contributed by atoms with E-state index in [1.54, 1.807) is 6.92 Å². The fourth-order valence-electron chi connectivity index (χ4n) is 0.303. The Labute approximate surface area is 50.8 Å². The van der Waals surface area contributed by atoms with Crippen LogP contribution in [0.4, 0.5) is 0 Å². The Morgan fingerprint density at radius 3 is 1.88 bits per heavy atom. The normalized spacial score (nSPS) is 15.9. The molecule has 0 radical (unpaired) electrons. The van der Waals surface area contributed by atoms with Crippen LogP contribution in [0.3, 0.4) is 0 Å². The lowest BCUT2D eigenvalue weighted by atomic mass is 10.4. The molecule has 0 aliphatic rings. The third-order valence-electron chi connectivity index (χ3n) is 1.31. The van der Waals surface area contributed by atoms with Crippen LogP contribution in [-0.4, -0.2) is 19.9 Å². The van der Waals surface area contributed by atoms with E-state index in [0.717, 1.165) is 0 Å². The van der Waals surface area contributed by atoms with Crippen LogP contribution in [0.25, 0.3) is 0 Å². The number of sulfone groups is 1. The van der Waals surface area contributed by atoms with Crippen LogP contribution in [0.5, 0.6) is 0 Å². The van der Waals surface area contributed by atoms with Crippen molar-refractivity contribution in [3.8, 4) is 0 Å². The number of hydrogen-bond donors (Lipinski definition) is 0. The third kappa shape index (κ3) is 2.31. The third-order valence-corrected chi connectivity index (χ3v) is 3.10. The van der Waals surface area contributed by atoms with Crippen molar-refractivity contribution in [3.05, 3.63) is 0 Å². The average Bonchev–Trinajstić information content (AvgIpc) is 1.62. The van der Waals surface area contributed by atoms with Gasteiger partial charge < -0.3 is 0 Å². The van der Waals surface area contributed by atoms with Gasteiger partial charge in [0.15, 0.2) is 0 Å². The topological polar surface area (TPSA) is 34.1 Å². The Hall–Kier alpha value is -0.0500. The molecule has 0 bridgehead atoms. The lowest BCUT2D eigenvalue weighted by molar-refractivity contribution is 0.587. The van der Waals surface area contributed by atoms with Crippen molar-refractivity contribution in [2.45, 2.75) is 25.5 Å². The van der Waals surface area contributed by atoms with Crippen LogP contribution < -0.4 is 0 Å². The quantitative estimate of drug-likeness (QED) is 0.563. The summed E-state index contributed by atoms with van der Waals surface area (Å²) in [5.41, 5.74) is 0. The van der Waals surface area contributed by atoms with Crippen LogP contribution in [-0.2, 0) is 9.84 Å². The van der Waals surface area contributed by atoms with E-state index in [9.17, 15) is 8.42 Å². The first-order chi connectivity index (χ1) is 3.48. The fourth-order valence-corrected chi connectivity index (χ4v) is 0.908. The van der Waals surface area contributed by atoms with Crippen LogP contribution >= 0.6 is 0 Å². The molecule has 0 aliphatic carbocycles. The highest BCUT2D eigenvalue weighted by Crippen LogP contribution is 2.00. The van der Waals surface area contributed by atoms with Gasteiger partial charge >= 0.3 is 0 Å².